The minimum atomic E-state index is -1.23. The first kappa shape index (κ1) is 64.9. The highest BCUT2D eigenvalue weighted by atomic mass is 127. The molecular formula is C70H76ClIN7O14-. The molecule has 23 heteroatoms. The molecule has 4 atom stereocenters. The Kier molecular flexibility index (Phi) is 21.4. The zero-order valence-corrected chi connectivity index (χ0v) is 54.7. The number of nitrogens with zero attached hydrogens (tertiary/aromatic N) is 4. The van der Waals surface area contributed by atoms with Gasteiger partial charge < -0.3 is 77.6 Å². The first-order valence-corrected chi connectivity index (χ1v) is 34.2. The van der Waals surface area contributed by atoms with Gasteiger partial charge in [-0.15, -0.1) is 0 Å². The summed E-state index contributed by atoms with van der Waals surface area (Å²) in [7, 11) is 0. The number of aliphatic hydroxyl groups is 1. The number of imidazole rings is 1. The first-order valence-electron chi connectivity index (χ1n) is 32.3. The summed E-state index contributed by atoms with van der Waals surface area (Å²) in [6.07, 6.45) is 5.90. The normalized spacial score (nSPS) is 18.5. The molecule has 5 aromatic carbocycles. The van der Waals surface area contributed by atoms with E-state index in [4.69, 9.17) is 68.9 Å². The standard InChI is InChI=1S/C70H77ClIN7O14/c71-55-36-56-68(78-70(76-56)92-58-39-91-66-57(80)38-90-67(58)66)77-62(55)45-12-10-43(11-13-45)44-14-16-48(17-15-44)89-26-22-74-59(81)40-87-32-31-86-30-29-85-28-27-84-25-21-73-41-88-37-42-9-18-49(52(33-42)69(82)83)60-53-34-46(5-1-19-72)61-50(7-2-20-75-61)64(53)93-65-51-8-4-24-79-23-3-6-47(63(51)79)35-54(60)65/h9-18,33-36,57-58,66-67,73,80H,1-8,19-32,37-41H2,(H,74,81)(H,82,83)(H,76,77,78)/p-1/t57-,58-,66-,67-/m0/s1. The monoisotopic (exact) mass is 1400 g/mol. The topological polar surface area (TPSA) is 251 Å². The number of carboxylic acid groups (broad SMARTS) is 1. The Morgan fingerprint density at radius 1 is 0.763 bits per heavy atom. The molecule has 0 bridgehead atoms. The number of alkyl halides is 1. The molecule has 0 radical (unpaired) electrons. The molecular weight excluding hydrogens is 1330 g/mol. The molecule has 0 saturated carbocycles. The minimum Gasteiger partial charge on any atom is -0.545 e. The number of hydrogen-bond donors (Lipinski definition) is 4. The summed E-state index contributed by atoms with van der Waals surface area (Å²) in [5.74, 6) is 0.867. The summed E-state index contributed by atoms with van der Waals surface area (Å²) >= 11 is 9.13. The van der Waals surface area contributed by atoms with E-state index in [1.165, 1.54) is 22.4 Å². The summed E-state index contributed by atoms with van der Waals surface area (Å²) in [5, 5.41) is 31.7. The van der Waals surface area contributed by atoms with Crippen molar-refractivity contribution in [2.45, 2.75) is 82.4 Å². The van der Waals surface area contributed by atoms with Gasteiger partial charge in [-0.25, -0.2) is 4.98 Å². The molecule has 21 nitrogen and oxygen atoms in total. The maximum Gasteiger partial charge on any atom is 0.296 e. The van der Waals surface area contributed by atoms with Crippen LogP contribution >= 0.6 is 34.2 Å². The van der Waals surface area contributed by atoms with Gasteiger partial charge >= 0.3 is 0 Å². The number of anilines is 1. The number of aryl methyl sites for hydroxylation is 2. The van der Waals surface area contributed by atoms with E-state index in [9.17, 15) is 19.8 Å². The van der Waals surface area contributed by atoms with E-state index >= 15 is 0 Å². The first-order chi connectivity index (χ1) is 45.6. The Morgan fingerprint density at radius 2 is 1.51 bits per heavy atom. The number of carboxylic acids is 1. The van der Waals surface area contributed by atoms with Gasteiger partial charge in [-0.2, -0.15) is 4.98 Å². The Morgan fingerprint density at radius 3 is 2.30 bits per heavy atom. The summed E-state index contributed by atoms with van der Waals surface area (Å²) < 4.78 is 59.8. The summed E-state index contributed by atoms with van der Waals surface area (Å²) in [5.41, 5.74) is 14.0. The van der Waals surface area contributed by atoms with Gasteiger partial charge in [-0.05, 0) is 126 Å². The van der Waals surface area contributed by atoms with E-state index in [2.05, 4.69) is 60.2 Å². The third-order valence-electron chi connectivity index (χ3n) is 17.6. The fourth-order valence-electron chi connectivity index (χ4n) is 13.2. The molecule has 490 valence electrons. The lowest BCUT2D eigenvalue weighted by Crippen LogP contribution is -2.36. The molecule has 2 saturated heterocycles. The van der Waals surface area contributed by atoms with Crippen molar-refractivity contribution in [3.8, 4) is 45.6 Å². The highest BCUT2D eigenvalue weighted by Crippen LogP contribution is 2.49. The molecule has 4 N–H and O–H groups in total. The molecule has 7 aromatic rings. The van der Waals surface area contributed by atoms with Crippen LogP contribution in [0, 0.1) is 0 Å². The molecule has 6 aliphatic heterocycles. The molecule has 1 amide bonds. The number of aromatic carboxylic acids is 1. The summed E-state index contributed by atoms with van der Waals surface area (Å²) in [4.78, 5) is 45.5. The Balaban J connectivity index is 0.478. The van der Waals surface area contributed by atoms with E-state index in [0.29, 0.717) is 85.9 Å². The summed E-state index contributed by atoms with van der Waals surface area (Å²) in [6.45, 7) is 7.52. The number of nitrogens with one attached hydrogen (secondary N) is 3. The molecule has 13 rings (SSSR count). The van der Waals surface area contributed by atoms with Crippen molar-refractivity contribution >= 4 is 68.5 Å². The highest BCUT2D eigenvalue weighted by Gasteiger charge is 2.49. The number of aliphatic hydroxyl groups excluding tert-OH is 1. The molecule has 0 aliphatic carbocycles. The van der Waals surface area contributed by atoms with Gasteiger partial charge in [0.15, 0.2) is 11.8 Å². The van der Waals surface area contributed by atoms with Crippen molar-refractivity contribution in [1.82, 2.24) is 25.6 Å². The van der Waals surface area contributed by atoms with Crippen molar-refractivity contribution in [3.05, 3.63) is 145 Å². The smallest absolute Gasteiger partial charge is 0.296 e. The second-order valence-electron chi connectivity index (χ2n) is 23.8. The van der Waals surface area contributed by atoms with E-state index < -0.39 is 24.3 Å². The second-order valence-corrected chi connectivity index (χ2v) is 25.3. The SMILES string of the molecule is O=C(COCCOCCOCCOCCNCOCc1ccc(C2=c3cc(CCCI)c4c(c3Oc3c2cc2c5c3CCCN5CCC2)CCCN=4)c(C(=O)[O-])c1)NCCOc1ccc(-c2ccc(-c3nc4nc(O[C@H]5CO[C@@H]6[C@H]5OC[C@@H]6O)[nH]c4cc3Cl)cc2)cc1. The zero-order valence-electron chi connectivity index (χ0n) is 51.8. The number of H-pyrrole nitrogens is 1. The Hall–Kier alpha value is -6.81. The van der Waals surface area contributed by atoms with Gasteiger partial charge in [-0.1, -0.05) is 82.7 Å². The predicted molar refractivity (Wildman–Crippen MR) is 354 cm³/mol. The van der Waals surface area contributed by atoms with Crippen LogP contribution in [-0.2, 0) is 70.2 Å². The van der Waals surface area contributed by atoms with Crippen LogP contribution in [0.25, 0.3) is 39.1 Å². The number of carbonyl (C=O) groups excluding carboxylic acids is 2. The number of halogens is 2. The zero-order chi connectivity index (χ0) is 63.6. The molecule has 0 spiro atoms. The average molecular weight is 1400 g/mol. The number of carbonyl (C=O) groups is 2. The Labute approximate surface area is 557 Å². The Bertz CT molecular complexity index is 3950. The maximum absolute atomic E-state index is 13.2. The van der Waals surface area contributed by atoms with Gasteiger partial charge in [0.2, 0.25) is 5.91 Å². The lowest BCUT2D eigenvalue weighted by Gasteiger charge is -2.39. The predicted octanol–water partition coefficient (Wildman–Crippen LogP) is 6.53. The number of ether oxygens (including phenoxy) is 10. The quantitative estimate of drug-likeness (QED) is 0.0156. The number of aromatic amines is 1. The van der Waals surface area contributed by atoms with E-state index in [0.717, 1.165) is 136 Å². The number of rotatable bonds is 31. The van der Waals surface area contributed by atoms with Crippen molar-refractivity contribution in [2.75, 3.05) is 121 Å². The number of fused-ring (bicyclic) bond motifs is 7. The largest absolute Gasteiger partial charge is 0.545 e. The fourth-order valence-corrected chi connectivity index (χ4v) is 13.9. The van der Waals surface area contributed by atoms with Crippen molar-refractivity contribution in [2.24, 2.45) is 4.99 Å². The van der Waals surface area contributed by atoms with Crippen LogP contribution in [-0.4, -0.2) is 173 Å². The molecule has 93 heavy (non-hydrogen) atoms. The molecule has 6 aliphatic rings. The van der Waals surface area contributed by atoms with Gasteiger partial charge in [0.05, 0.1) is 107 Å². The second kappa shape index (κ2) is 30.7. The maximum atomic E-state index is 13.2. The van der Waals surface area contributed by atoms with Crippen LogP contribution in [0.5, 0.6) is 23.3 Å². The number of amides is 1. The van der Waals surface area contributed by atoms with E-state index in [1.54, 1.807) is 12.1 Å². The fraction of sp³-hybridized carbons (Fsp3) is 0.443. The molecule has 8 heterocycles. The van der Waals surface area contributed by atoms with Gasteiger partial charge in [0.25, 0.3) is 6.01 Å². The minimum absolute atomic E-state index is 0.0936. The summed E-state index contributed by atoms with van der Waals surface area (Å²) in [6, 6.07) is 27.8. The van der Waals surface area contributed by atoms with Crippen molar-refractivity contribution in [1.29, 1.82) is 0 Å². The van der Waals surface area contributed by atoms with E-state index in [1.807, 2.05) is 60.7 Å². The van der Waals surface area contributed by atoms with Crippen LogP contribution in [0.1, 0.15) is 75.0 Å². The number of benzene rings is 5. The van der Waals surface area contributed by atoms with Gasteiger partial charge in [-0.3, -0.25) is 15.1 Å². The van der Waals surface area contributed by atoms with Gasteiger partial charge in [0.1, 0.15) is 48.8 Å². The van der Waals surface area contributed by atoms with Crippen molar-refractivity contribution < 1.29 is 67.2 Å². The van der Waals surface area contributed by atoms with E-state index in [-0.39, 0.29) is 70.0 Å². The van der Waals surface area contributed by atoms with Crippen LogP contribution in [0.15, 0.2) is 89.9 Å². The third kappa shape index (κ3) is 15.0. The number of pyridine rings is 1. The third-order valence-corrected chi connectivity index (χ3v) is 18.6. The number of aromatic nitrogens is 3. The molecule has 0 unspecified atom stereocenters. The lowest BCUT2D eigenvalue weighted by molar-refractivity contribution is -0.255. The highest BCUT2D eigenvalue weighted by molar-refractivity contribution is 14.1. The van der Waals surface area contributed by atoms with Gasteiger partial charge in [0, 0.05) is 70.5 Å². The molecule has 2 fully saturated rings. The van der Waals surface area contributed by atoms with Crippen LogP contribution in [0.2, 0.25) is 5.02 Å². The average Bonchev–Trinajstić information content (AvgIpc) is 1.42. The lowest BCUT2D eigenvalue weighted by atomic mass is 9.82. The molecule has 2 aromatic heterocycles. The van der Waals surface area contributed by atoms with Crippen molar-refractivity contribution in [3.63, 3.8) is 0 Å². The number of hydrogen-bond acceptors (Lipinski definition) is 19. The van der Waals surface area contributed by atoms with Crippen LogP contribution in [0.4, 0.5) is 5.69 Å². The van der Waals surface area contributed by atoms with Crippen LogP contribution < -0.4 is 45.4 Å². The van der Waals surface area contributed by atoms with Crippen LogP contribution in [0.3, 0.4) is 0 Å².